The molecule has 0 N–H and O–H groups in total. The molecule has 0 unspecified atom stereocenters. The number of aromatic nitrogens is 4. The zero-order valence-corrected chi connectivity index (χ0v) is 9.60. The van der Waals surface area contributed by atoms with Gasteiger partial charge in [0.2, 0.25) is 5.82 Å². The monoisotopic (exact) mass is 204 g/mol. The van der Waals surface area contributed by atoms with E-state index in [1.54, 1.807) is 7.05 Å². The van der Waals surface area contributed by atoms with Gasteiger partial charge >= 0.3 is 0 Å². The zero-order chi connectivity index (χ0) is 11.3. The summed E-state index contributed by atoms with van der Waals surface area (Å²) in [4.78, 5) is 1.45. The molecule has 0 amide bonds. The first-order chi connectivity index (χ1) is 7.25. The third-order valence-corrected chi connectivity index (χ3v) is 1.82. The summed E-state index contributed by atoms with van der Waals surface area (Å²) in [6, 6.07) is 8.05. The van der Waals surface area contributed by atoms with Gasteiger partial charge in [0.25, 0.3) is 0 Å². The molecule has 0 fully saturated rings. The zero-order valence-electron chi connectivity index (χ0n) is 9.60. The molecule has 0 atom stereocenters. The van der Waals surface area contributed by atoms with Gasteiger partial charge in [-0.2, -0.15) is 4.80 Å². The molecule has 4 heteroatoms. The van der Waals surface area contributed by atoms with Crippen LogP contribution in [-0.4, -0.2) is 20.2 Å². The SMILES string of the molecule is CC.Cc1ccc(-c2nnn(C)n2)cc1. The van der Waals surface area contributed by atoms with Gasteiger partial charge in [0, 0.05) is 5.56 Å². The Hall–Kier alpha value is -1.71. The van der Waals surface area contributed by atoms with Crippen LogP contribution >= 0.6 is 0 Å². The third-order valence-electron chi connectivity index (χ3n) is 1.82. The normalized spacial score (nSPS) is 9.33. The summed E-state index contributed by atoms with van der Waals surface area (Å²) in [7, 11) is 1.75. The van der Waals surface area contributed by atoms with Gasteiger partial charge in [-0.05, 0) is 12.1 Å². The van der Waals surface area contributed by atoms with Gasteiger partial charge in [0.1, 0.15) is 0 Å². The van der Waals surface area contributed by atoms with Crippen molar-refractivity contribution in [2.24, 2.45) is 7.05 Å². The van der Waals surface area contributed by atoms with Crippen LogP contribution in [0.5, 0.6) is 0 Å². The molecule has 2 aromatic rings. The average molecular weight is 204 g/mol. The third kappa shape index (κ3) is 2.87. The van der Waals surface area contributed by atoms with Crippen LogP contribution in [-0.2, 0) is 7.05 Å². The Labute approximate surface area is 89.9 Å². The van der Waals surface area contributed by atoms with Gasteiger partial charge in [-0.3, -0.25) is 0 Å². The van der Waals surface area contributed by atoms with Crippen molar-refractivity contribution in [2.45, 2.75) is 20.8 Å². The van der Waals surface area contributed by atoms with E-state index in [1.165, 1.54) is 10.4 Å². The Kier molecular flexibility index (Phi) is 3.97. The largest absolute Gasteiger partial charge is 0.204 e. The number of nitrogens with zero attached hydrogens (tertiary/aromatic N) is 4. The summed E-state index contributed by atoms with van der Waals surface area (Å²) < 4.78 is 0. The van der Waals surface area contributed by atoms with Gasteiger partial charge in [0.05, 0.1) is 7.05 Å². The molecule has 1 aromatic heterocycles. The van der Waals surface area contributed by atoms with Crippen molar-refractivity contribution in [2.75, 3.05) is 0 Å². The fourth-order valence-electron chi connectivity index (χ4n) is 1.10. The second-order valence-corrected chi connectivity index (χ2v) is 2.97. The van der Waals surface area contributed by atoms with Crippen LogP contribution in [0, 0.1) is 6.92 Å². The van der Waals surface area contributed by atoms with Crippen molar-refractivity contribution in [1.29, 1.82) is 0 Å². The lowest BCUT2D eigenvalue weighted by Gasteiger charge is -1.94. The van der Waals surface area contributed by atoms with Gasteiger partial charge in [-0.15, -0.1) is 10.2 Å². The Morgan fingerprint density at radius 3 is 2.13 bits per heavy atom. The second kappa shape index (κ2) is 5.24. The molecule has 0 aliphatic rings. The molecule has 0 aliphatic heterocycles. The molecule has 0 saturated heterocycles. The molecule has 0 spiro atoms. The maximum Gasteiger partial charge on any atom is 0.204 e. The minimum Gasteiger partial charge on any atom is -0.167 e. The summed E-state index contributed by atoms with van der Waals surface area (Å²) >= 11 is 0. The van der Waals surface area contributed by atoms with Gasteiger partial charge < -0.3 is 0 Å². The van der Waals surface area contributed by atoms with E-state index in [0.717, 1.165) is 5.56 Å². The van der Waals surface area contributed by atoms with E-state index in [2.05, 4.69) is 15.4 Å². The van der Waals surface area contributed by atoms with Crippen LogP contribution < -0.4 is 0 Å². The van der Waals surface area contributed by atoms with E-state index in [1.807, 2.05) is 45.0 Å². The molecular formula is C11H16N4. The number of hydrogen-bond acceptors (Lipinski definition) is 3. The Morgan fingerprint density at radius 1 is 1.07 bits per heavy atom. The van der Waals surface area contributed by atoms with E-state index >= 15 is 0 Å². The van der Waals surface area contributed by atoms with Crippen molar-refractivity contribution >= 4 is 0 Å². The Morgan fingerprint density at radius 2 is 1.67 bits per heavy atom. The second-order valence-electron chi connectivity index (χ2n) is 2.97. The lowest BCUT2D eigenvalue weighted by Crippen LogP contribution is -1.91. The number of benzene rings is 1. The molecule has 0 radical (unpaired) electrons. The maximum absolute atomic E-state index is 4.11. The smallest absolute Gasteiger partial charge is 0.167 e. The Balaban J connectivity index is 0.000000531. The van der Waals surface area contributed by atoms with Crippen molar-refractivity contribution in [3.63, 3.8) is 0 Å². The lowest BCUT2D eigenvalue weighted by molar-refractivity contribution is 0.630. The first-order valence-corrected chi connectivity index (χ1v) is 5.07. The summed E-state index contributed by atoms with van der Waals surface area (Å²) in [5.41, 5.74) is 2.23. The predicted molar refractivity (Wildman–Crippen MR) is 60.3 cm³/mol. The van der Waals surface area contributed by atoms with Crippen molar-refractivity contribution < 1.29 is 0 Å². The molecule has 15 heavy (non-hydrogen) atoms. The molecule has 80 valence electrons. The quantitative estimate of drug-likeness (QED) is 0.715. The first-order valence-electron chi connectivity index (χ1n) is 5.07. The molecule has 2 rings (SSSR count). The number of hydrogen-bond donors (Lipinski definition) is 0. The number of tetrazole rings is 1. The highest BCUT2D eigenvalue weighted by Gasteiger charge is 2.02. The summed E-state index contributed by atoms with van der Waals surface area (Å²) in [6.45, 7) is 6.05. The lowest BCUT2D eigenvalue weighted by atomic mass is 10.1. The van der Waals surface area contributed by atoms with E-state index in [-0.39, 0.29) is 0 Å². The summed E-state index contributed by atoms with van der Waals surface area (Å²) in [6.07, 6.45) is 0. The van der Waals surface area contributed by atoms with Crippen LogP contribution in [0.4, 0.5) is 0 Å². The summed E-state index contributed by atoms with van der Waals surface area (Å²) in [5, 5.41) is 11.8. The van der Waals surface area contributed by atoms with E-state index in [9.17, 15) is 0 Å². The highest BCUT2D eigenvalue weighted by atomic mass is 15.6. The minimum absolute atomic E-state index is 0.669. The number of aryl methyl sites for hydroxylation is 2. The fraction of sp³-hybridized carbons (Fsp3) is 0.364. The van der Waals surface area contributed by atoms with Gasteiger partial charge in [0.15, 0.2) is 0 Å². The van der Waals surface area contributed by atoms with E-state index in [0.29, 0.717) is 5.82 Å². The molecule has 1 aromatic carbocycles. The van der Waals surface area contributed by atoms with Crippen LogP contribution in [0.1, 0.15) is 19.4 Å². The average Bonchev–Trinajstić information content (AvgIpc) is 2.69. The van der Waals surface area contributed by atoms with Gasteiger partial charge in [-0.25, -0.2) is 0 Å². The van der Waals surface area contributed by atoms with E-state index < -0.39 is 0 Å². The van der Waals surface area contributed by atoms with Crippen LogP contribution in [0.2, 0.25) is 0 Å². The van der Waals surface area contributed by atoms with Gasteiger partial charge in [-0.1, -0.05) is 43.7 Å². The molecule has 0 saturated carbocycles. The standard InChI is InChI=1S/C9H10N4.C2H6/c1-7-3-5-8(6-4-7)9-10-12-13(2)11-9;1-2/h3-6H,1-2H3;1-2H3. The van der Waals surface area contributed by atoms with E-state index in [4.69, 9.17) is 0 Å². The minimum atomic E-state index is 0.669. The highest BCUT2D eigenvalue weighted by molar-refractivity contribution is 5.53. The van der Waals surface area contributed by atoms with Crippen molar-refractivity contribution in [3.8, 4) is 11.4 Å². The predicted octanol–water partition coefficient (Wildman–Crippen LogP) is 2.21. The van der Waals surface area contributed by atoms with Crippen LogP contribution in [0.15, 0.2) is 24.3 Å². The van der Waals surface area contributed by atoms with Crippen molar-refractivity contribution in [1.82, 2.24) is 20.2 Å². The first kappa shape index (κ1) is 11.4. The molecule has 4 nitrogen and oxygen atoms in total. The summed E-state index contributed by atoms with van der Waals surface area (Å²) in [5.74, 6) is 0.669. The highest BCUT2D eigenvalue weighted by Crippen LogP contribution is 2.13. The fourth-order valence-corrected chi connectivity index (χ4v) is 1.10. The Bertz CT molecular complexity index is 403. The van der Waals surface area contributed by atoms with Crippen LogP contribution in [0.25, 0.3) is 11.4 Å². The molecule has 1 heterocycles. The number of rotatable bonds is 1. The van der Waals surface area contributed by atoms with Crippen LogP contribution in [0.3, 0.4) is 0 Å². The topological polar surface area (TPSA) is 43.6 Å². The molecule has 0 aliphatic carbocycles. The molecule has 0 bridgehead atoms. The maximum atomic E-state index is 4.11. The molecular weight excluding hydrogens is 188 g/mol. The van der Waals surface area contributed by atoms with Crippen molar-refractivity contribution in [3.05, 3.63) is 29.8 Å².